The number of anilines is 2. The van der Waals surface area contributed by atoms with Gasteiger partial charge in [0.25, 0.3) is 11.6 Å². The van der Waals surface area contributed by atoms with Gasteiger partial charge in [-0.1, -0.05) is 26.0 Å². The molecule has 27 heavy (non-hydrogen) atoms. The number of aromatic nitrogens is 1. The molecule has 0 spiro atoms. The summed E-state index contributed by atoms with van der Waals surface area (Å²) >= 11 is 1.27. The first-order valence-electron chi connectivity index (χ1n) is 8.26. The minimum Gasteiger partial charge on any atom is -0.451 e. The van der Waals surface area contributed by atoms with Crippen molar-refractivity contribution in [3.05, 3.63) is 45.5 Å². The Labute approximate surface area is 159 Å². The summed E-state index contributed by atoms with van der Waals surface area (Å²) in [5.74, 6) is -0.857. The second-order valence-electron chi connectivity index (χ2n) is 6.05. The predicted octanol–water partition coefficient (Wildman–Crippen LogP) is 3.30. The number of ether oxygens (including phenoxy) is 1. The number of carbonyl (C=O) groups is 2. The minimum absolute atomic E-state index is 0.0360. The molecule has 1 heterocycles. The summed E-state index contributed by atoms with van der Waals surface area (Å²) in [5, 5.41) is 18.5. The number of hydrogen-bond donors (Lipinski definition) is 2. The van der Waals surface area contributed by atoms with Crippen molar-refractivity contribution in [2.75, 3.05) is 23.8 Å². The molecule has 144 valence electrons. The van der Waals surface area contributed by atoms with Crippen molar-refractivity contribution in [2.24, 2.45) is 5.92 Å². The molecule has 0 aliphatic carbocycles. The van der Waals surface area contributed by atoms with Crippen LogP contribution in [0.1, 0.15) is 30.8 Å². The van der Waals surface area contributed by atoms with Crippen molar-refractivity contribution in [1.29, 1.82) is 0 Å². The maximum Gasteiger partial charge on any atom is 0.358 e. The molecule has 0 fully saturated rings. The molecule has 0 aliphatic rings. The molecule has 0 radical (unpaired) electrons. The van der Waals surface area contributed by atoms with E-state index in [2.05, 4.69) is 29.5 Å². The number of esters is 1. The molecule has 9 nitrogen and oxygen atoms in total. The number of carbonyl (C=O) groups excluding carboxylic acids is 2. The third-order valence-corrected chi connectivity index (χ3v) is 4.22. The first-order valence-corrected chi connectivity index (χ1v) is 9.14. The lowest BCUT2D eigenvalue weighted by molar-refractivity contribution is -0.383. The van der Waals surface area contributed by atoms with E-state index in [1.54, 1.807) is 11.4 Å². The Kier molecular flexibility index (Phi) is 7.24. The molecule has 0 saturated carbocycles. The normalized spacial score (nSPS) is 10.5. The number of nitro benzene ring substituents is 1. The standard InChI is InChI=1S/C17H20N4O5S/c1-11(2)7-8-18-17-20-13(10-27-17)16(23)26-9-15(22)19-12-5-3-4-6-14(12)21(24)25/h3-6,10-11H,7-9H2,1-2H3,(H,18,20)(H,19,22). The number of amides is 1. The third-order valence-electron chi connectivity index (χ3n) is 3.42. The summed E-state index contributed by atoms with van der Waals surface area (Å²) in [7, 11) is 0. The van der Waals surface area contributed by atoms with E-state index in [9.17, 15) is 19.7 Å². The Bertz CT molecular complexity index is 821. The Hall–Kier alpha value is -3.01. The lowest BCUT2D eigenvalue weighted by Gasteiger charge is -2.06. The smallest absolute Gasteiger partial charge is 0.358 e. The van der Waals surface area contributed by atoms with Crippen LogP contribution in [-0.4, -0.2) is 34.9 Å². The van der Waals surface area contributed by atoms with Gasteiger partial charge in [-0.15, -0.1) is 11.3 Å². The van der Waals surface area contributed by atoms with Gasteiger partial charge in [0.05, 0.1) is 4.92 Å². The van der Waals surface area contributed by atoms with Gasteiger partial charge in [0.15, 0.2) is 17.4 Å². The molecule has 2 N–H and O–H groups in total. The van der Waals surface area contributed by atoms with Crippen LogP contribution in [0.25, 0.3) is 0 Å². The van der Waals surface area contributed by atoms with Crippen molar-refractivity contribution < 1.29 is 19.2 Å². The summed E-state index contributed by atoms with van der Waals surface area (Å²) in [5.41, 5.74) is -0.104. The molecule has 2 rings (SSSR count). The van der Waals surface area contributed by atoms with Crippen LogP contribution in [0, 0.1) is 16.0 Å². The molecule has 0 aliphatic heterocycles. The number of nitrogens with one attached hydrogen (secondary N) is 2. The maximum absolute atomic E-state index is 12.0. The van der Waals surface area contributed by atoms with Gasteiger partial charge in [-0.2, -0.15) is 0 Å². The average molecular weight is 392 g/mol. The fourth-order valence-electron chi connectivity index (χ4n) is 2.05. The molecule has 1 aromatic carbocycles. The van der Waals surface area contributed by atoms with Crippen LogP contribution in [0.3, 0.4) is 0 Å². The van der Waals surface area contributed by atoms with E-state index in [1.807, 2.05) is 0 Å². The number of nitrogens with zero attached hydrogens (tertiary/aromatic N) is 2. The topological polar surface area (TPSA) is 123 Å². The molecule has 2 aromatic rings. The van der Waals surface area contributed by atoms with Crippen molar-refractivity contribution in [3.8, 4) is 0 Å². The van der Waals surface area contributed by atoms with E-state index < -0.39 is 23.4 Å². The van der Waals surface area contributed by atoms with Crippen LogP contribution in [-0.2, 0) is 9.53 Å². The lowest BCUT2D eigenvalue weighted by Crippen LogP contribution is -2.21. The largest absolute Gasteiger partial charge is 0.451 e. The maximum atomic E-state index is 12.0. The van der Waals surface area contributed by atoms with Crippen molar-refractivity contribution in [2.45, 2.75) is 20.3 Å². The lowest BCUT2D eigenvalue weighted by atomic mass is 10.1. The Morgan fingerprint density at radius 1 is 1.33 bits per heavy atom. The molecule has 1 amide bonds. The van der Waals surface area contributed by atoms with Gasteiger partial charge in [-0.05, 0) is 18.4 Å². The first-order chi connectivity index (χ1) is 12.9. The molecular weight excluding hydrogens is 372 g/mol. The Morgan fingerprint density at radius 3 is 2.78 bits per heavy atom. The van der Waals surface area contributed by atoms with Crippen LogP contribution >= 0.6 is 11.3 Å². The van der Waals surface area contributed by atoms with E-state index in [-0.39, 0.29) is 17.1 Å². The average Bonchev–Trinajstić information content (AvgIpc) is 3.08. The molecule has 0 saturated heterocycles. The number of nitro groups is 1. The van der Waals surface area contributed by atoms with E-state index in [0.29, 0.717) is 11.0 Å². The van der Waals surface area contributed by atoms with Gasteiger partial charge in [0.2, 0.25) is 0 Å². The molecule has 0 atom stereocenters. The zero-order valence-corrected chi connectivity index (χ0v) is 15.7. The summed E-state index contributed by atoms with van der Waals surface area (Å²) in [6, 6.07) is 5.71. The molecular formula is C17H20N4O5S. The van der Waals surface area contributed by atoms with Gasteiger partial charge in [-0.25, -0.2) is 9.78 Å². The summed E-state index contributed by atoms with van der Waals surface area (Å²) in [4.78, 5) is 38.3. The van der Waals surface area contributed by atoms with E-state index in [4.69, 9.17) is 4.74 Å². The second-order valence-corrected chi connectivity index (χ2v) is 6.90. The monoisotopic (exact) mass is 392 g/mol. The summed E-state index contributed by atoms with van der Waals surface area (Å²) < 4.78 is 4.91. The van der Waals surface area contributed by atoms with E-state index in [1.165, 1.54) is 29.5 Å². The molecule has 0 unspecified atom stereocenters. The number of rotatable bonds is 9. The highest BCUT2D eigenvalue weighted by Gasteiger charge is 2.17. The van der Waals surface area contributed by atoms with Crippen LogP contribution in [0.5, 0.6) is 0 Å². The van der Waals surface area contributed by atoms with Gasteiger partial charge in [0, 0.05) is 18.0 Å². The van der Waals surface area contributed by atoms with Gasteiger partial charge >= 0.3 is 5.97 Å². The number of hydrogen-bond acceptors (Lipinski definition) is 8. The van der Waals surface area contributed by atoms with E-state index in [0.717, 1.165) is 13.0 Å². The second kappa shape index (κ2) is 9.62. The molecule has 0 bridgehead atoms. The minimum atomic E-state index is -0.735. The fourth-order valence-corrected chi connectivity index (χ4v) is 2.75. The Balaban J connectivity index is 1.84. The zero-order chi connectivity index (χ0) is 19.8. The molecule has 10 heteroatoms. The number of para-hydroxylation sites is 2. The van der Waals surface area contributed by atoms with E-state index >= 15 is 0 Å². The van der Waals surface area contributed by atoms with Crippen molar-refractivity contribution >= 4 is 39.7 Å². The van der Waals surface area contributed by atoms with Gasteiger partial charge < -0.3 is 15.4 Å². The first kappa shape index (κ1) is 20.3. The SMILES string of the molecule is CC(C)CCNc1nc(C(=O)OCC(=O)Nc2ccccc2[N+](=O)[O-])cs1. The summed E-state index contributed by atoms with van der Waals surface area (Å²) in [6.45, 7) is 4.40. The van der Waals surface area contributed by atoms with Crippen LogP contribution in [0.2, 0.25) is 0 Å². The van der Waals surface area contributed by atoms with Crippen LogP contribution in [0.15, 0.2) is 29.6 Å². The quantitative estimate of drug-likeness (QED) is 0.381. The zero-order valence-electron chi connectivity index (χ0n) is 14.9. The molecule has 1 aromatic heterocycles. The van der Waals surface area contributed by atoms with Crippen molar-refractivity contribution in [3.63, 3.8) is 0 Å². The van der Waals surface area contributed by atoms with Gasteiger partial charge in [0.1, 0.15) is 5.69 Å². The van der Waals surface area contributed by atoms with Gasteiger partial charge in [-0.3, -0.25) is 14.9 Å². The fraction of sp³-hybridized carbons (Fsp3) is 0.353. The number of thiazole rings is 1. The summed E-state index contributed by atoms with van der Waals surface area (Å²) in [6.07, 6.45) is 0.977. The Morgan fingerprint density at radius 2 is 2.07 bits per heavy atom. The van der Waals surface area contributed by atoms with Crippen LogP contribution < -0.4 is 10.6 Å². The highest BCUT2D eigenvalue weighted by atomic mass is 32.1. The van der Waals surface area contributed by atoms with Crippen molar-refractivity contribution in [1.82, 2.24) is 4.98 Å². The highest BCUT2D eigenvalue weighted by Crippen LogP contribution is 2.23. The predicted molar refractivity (Wildman–Crippen MR) is 102 cm³/mol. The van der Waals surface area contributed by atoms with Crippen LogP contribution in [0.4, 0.5) is 16.5 Å². The third kappa shape index (κ3) is 6.33. The number of benzene rings is 1. The highest BCUT2D eigenvalue weighted by molar-refractivity contribution is 7.13.